The quantitative estimate of drug-likeness (QED) is 0.375. The summed E-state index contributed by atoms with van der Waals surface area (Å²) in [7, 11) is 6.74. The van der Waals surface area contributed by atoms with E-state index in [2.05, 4.69) is 10.3 Å². The van der Waals surface area contributed by atoms with Gasteiger partial charge in [0.1, 0.15) is 0 Å². The van der Waals surface area contributed by atoms with Gasteiger partial charge in [-0.1, -0.05) is 12.8 Å². The molecule has 0 aromatic heterocycles. The van der Waals surface area contributed by atoms with E-state index in [4.69, 9.17) is 15.2 Å². The lowest BCUT2D eigenvalue weighted by Gasteiger charge is -2.29. The van der Waals surface area contributed by atoms with Crippen LogP contribution in [0.3, 0.4) is 0 Å². The fraction of sp³-hybridized carbons (Fsp3) is 0.556. The van der Waals surface area contributed by atoms with E-state index >= 15 is 0 Å². The SMILES string of the molecule is COc1ccc(NC(N)=NCC2(C(=O)N(C)C)CCCC2)cc1OC.I. The predicted octanol–water partition coefficient (Wildman–Crippen LogP) is 2.70. The fourth-order valence-corrected chi connectivity index (χ4v) is 3.30. The molecule has 0 aliphatic heterocycles. The minimum Gasteiger partial charge on any atom is -0.493 e. The molecule has 3 N–H and O–H groups in total. The van der Waals surface area contributed by atoms with Gasteiger partial charge in [-0.15, -0.1) is 24.0 Å². The second-order valence-corrected chi connectivity index (χ2v) is 6.58. The number of halogens is 1. The van der Waals surface area contributed by atoms with Crippen LogP contribution >= 0.6 is 24.0 Å². The second-order valence-electron chi connectivity index (χ2n) is 6.58. The van der Waals surface area contributed by atoms with E-state index < -0.39 is 5.41 Å². The molecule has 7 nitrogen and oxygen atoms in total. The third-order valence-electron chi connectivity index (χ3n) is 4.63. The Labute approximate surface area is 172 Å². The van der Waals surface area contributed by atoms with Gasteiger partial charge in [0.2, 0.25) is 5.91 Å². The number of nitrogens with one attached hydrogen (secondary N) is 1. The molecular formula is C18H29IN4O3. The second kappa shape index (κ2) is 9.84. The molecule has 1 aliphatic rings. The molecule has 8 heteroatoms. The van der Waals surface area contributed by atoms with Crippen molar-refractivity contribution >= 4 is 41.5 Å². The van der Waals surface area contributed by atoms with E-state index in [9.17, 15) is 4.79 Å². The van der Waals surface area contributed by atoms with Crippen LogP contribution in [-0.4, -0.2) is 51.6 Å². The molecule has 1 fully saturated rings. The zero-order chi connectivity index (χ0) is 18.4. The maximum Gasteiger partial charge on any atom is 0.230 e. The van der Waals surface area contributed by atoms with Gasteiger partial charge in [-0.05, 0) is 25.0 Å². The van der Waals surface area contributed by atoms with Crippen molar-refractivity contribution in [1.82, 2.24) is 4.90 Å². The van der Waals surface area contributed by atoms with E-state index in [1.54, 1.807) is 45.3 Å². The number of methoxy groups -OCH3 is 2. The highest BCUT2D eigenvalue weighted by atomic mass is 127. The van der Waals surface area contributed by atoms with Gasteiger partial charge >= 0.3 is 0 Å². The summed E-state index contributed by atoms with van der Waals surface area (Å²) in [5.74, 6) is 1.66. The molecule has 0 bridgehead atoms. The Hall–Kier alpha value is -1.71. The van der Waals surface area contributed by atoms with E-state index in [1.165, 1.54) is 0 Å². The van der Waals surface area contributed by atoms with Crippen molar-refractivity contribution in [2.75, 3.05) is 40.2 Å². The molecule has 146 valence electrons. The van der Waals surface area contributed by atoms with Crippen LogP contribution in [0.2, 0.25) is 0 Å². The van der Waals surface area contributed by atoms with Gasteiger partial charge in [0.05, 0.1) is 26.2 Å². The average Bonchev–Trinajstić information content (AvgIpc) is 3.09. The van der Waals surface area contributed by atoms with Crippen molar-refractivity contribution in [2.45, 2.75) is 25.7 Å². The zero-order valence-corrected chi connectivity index (χ0v) is 18.2. The van der Waals surface area contributed by atoms with Crippen molar-refractivity contribution in [2.24, 2.45) is 16.1 Å². The van der Waals surface area contributed by atoms with E-state index in [1.807, 2.05) is 6.07 Å². The number of guanidine groups is 1. The first-order chi connectivity index (χ1) is 11.9. The van der Waals surface area contributed by atoms with Crippen LogP contribution in [0.15, 0.2) is 23.2 Å². The van der Waals surface area contributed by atoms with E-state index in [0.29, 0.717) is 18.0 Å². The Kier molecular flexibility index (Phi) is 8.45. The van der Waals surface area contributed by atoms with Gasteiger partial charge in [-0.25, -0.2) is 0 Å². The van der Waals surface area contributed by atoms with Gasteiger partial charge in [0, 0.05) is 25.8 Å². The van der Waals surface area contributed by atoms with Crippen molar-refractivity contribution < 1.29 is 14.3 Å². The topological polar surface area (TPSA) is 89.2 Å². The Morgan fingerprint density at radius 1 is 1.23 bits per heavy atom. The van der Waals surface area contributed by atoms with Crippen molar-refractivity contribution in [3.8, 4) is 11.5 Å². The fourth-order valence-electron chi connectivity index (χ4n) is 3.30. The van der Waals surface area contributed by atoms with Crippen LogP contribution in [0.25, 0.3) is 0 Å². The molecule has 1 aromatic carbocycles. The molecule has 1 amide bonds. The van der Waals surface area contributed by atoms with Crippen LogP contribution < -0.4 is 20.5 Å². The van der Waals surface area contributed by atoms with Crippen molar-refractivity contribution in [1.29, 1.82) is 0 Å². The normalized spacial score (nSPS) is 15.8. The van der Waals surface area contributed by atoms with Crippen molar-refractivity contribution in [3.05, 3.63) is 18.2 Å². The Morgan fingerprint density at radius 3 is 2.38 bits per heavy atom. The summed E-state index contributed by atoms with van der Waals surface area (Å²) in [6, 6.07) is 5.42. The molecule has 1 saturated carbocycles. The molecule has 26 heavy (non-hydrogen) atoms. The summed E-state index contributed by atoms with van der Waals surface area (Å²) in [5.41, 5.74) is 6.35. The number of nitrogens with zero attached hydrogens (tertiary/aromatic N) is 2. The number of amides is 1. The Bertz CT molecular complexity index is 643. The standard InChI is InChI=1S/C18H28N4O3.HI/c1-22(2)16(23)18(9-5-6-10-18)12-20-17(19)21-13-7-8-14(24-3)15(11-13)25-4;/h7-8,11H,5-6,9-10,12H2,1-4H3,(H3,19,20,21);1H. The first kappa shape index (κ1) is 22.3. The first-order valence-electron chi connectivity index (χ1n) is 8.42. The number of rotatable bonds is 6. The van der Waals surface area contributed by atoms with Crippen LogP contribution in [0.4, 0.5) is 5.69 Å². The van der Waals surface area contributed by atoms with E-state index in [0.717, 1.165) is 31.4 Å². The van der Waals surface area contributed by atoms with Crippen molar-refractivity contribution in [3.63, 3.8) is 0 Å². The van der Waals surface area contributed by atoms with Crippen LogP contribution in [0, 0.1) is 5.41 Å². The molecular weight excluding hydrogens is 447 g/mol. The monoisotopic (exact) mass is 476 g/mol. The smallest absolute Gasteiger partial charge is 0.230 e. The summed E-state index contributed by atoms with van der Waals surface area (Å²) < 4.78 is 10.5. The lowest BCUT2D eigenvalue weighted by Crippen LogP contribution is -2.41. The first-order valence-corrected chi connectivity index (χ1v) is 8.42. The average molecular weight is 476 g/mol. The largest absolute Gasteiger partial charge is 0.493 e. The third-order valence-corrected chi connectivity index (χ3v) is 4.63. The number of ether oxygens (including phenoxy) is 2. The summed E-state index contributed by atoms with van der Waals surface area (Å²) in [4.78, 5) is 18.6. The van der Waals surface area contributed by atoms with Gasteiger partial charge in [-0.2, -0.15) is 0 Å². The molecule has 0 saturated heterocycles. The number of benzene rings is 1. The summed E-state index contributed by atoms with van der Waals surface area (Å²) in [6.07, 6.45) is 3.82. The molecule has 0 unspecified atom stereocenters. The highest BCUT2D eigenvalue weighted by Gasteiger charge is 2.41. The van der Waals surface area contributed by atoms with Crippen LogP contribution in [0.5, 0.6) is 11.5 Å². The molecule has 0 radical (unpaired) electrons. The van der Waals surface area contributed by atoms with Gasteiger partial charge in [-0.3, -0.25) is 9.79 Å². The predicted molar refractivity (Wildman–Crippen MR) is 115 cm³/mol. The molecule has 1 aliphatic carbocycles. The van der Waals surface area contributed by atoms with Gasteiger partial charge in [0.25, 0.3) is 0 Å². The number of nitrogens with two attached hydrogens (primary N) is 1. The van der Waals surface area contributed by atoms with Crippen LogP contribution in [0.1, 0.15) is 25.7 Å². The Balaban J connectivity index is 0.00000338. The number of aliphatic imine (C=N–C) groups is 1. The highest BCUT2D eigenvalue weighted by molar-refractivity contribution is 14.0. The third kappa shape index (κ3) is 5.15. The number of anilines is 1. The summed E-state index contributed by atoms with van der Waals surface area (Å²) in [6.45, 7) is 0.399. The lowest BCUT2D eigenvalue weighted by molar-refractivity contribution is -0.138. The minimum absolute atomic E-state index is 0. The number of carbonyl (C=O) groups excluding carboxylic acids is 1. The van der Waals surface area contributed by atoms with Crippen LogP contribution in [-0.2, 0) is 4.79 Å². The molecule has 2 rings (SSSR count). The highest BCUT2D eigenvalue weighted by Crippen LogP contribution is 2.39. The maximum absolute atomic E-state index is 12.6. The Morgan fingerprint density at radius 2 is 1.85 bits per heavy atom. The number of hydrogen-bond acceptors (Lipinski definition) is 4. The summed E-state index contributed by atoms with van der Waals surface area (Å²) in [5, 5.41) is 3.04. The molecule has 0 atom stereocenters. The minimum atomic E-state index is -0.423. The molecule has 0 heterocycles. The van der Waals surface area contributed by atoms with E-state index in [-0.39, 0.29) is 35.8 Å². The maximum atomic E-state index is 12.6. The zero-order valence-electron chi connectivity index (χ0n) is 15.9. The summed E-state index contributed by atoms with van der Waals surface area (Å²) >= 11 is 0. The number of carbonyl (C=O) groups is 1. The lowest BCUT2D eigenvalue weighted by atomic mass is 9.85. The molecule has 0 spiro atoms. The molecule has 1 aromatic rings. The number of hydrogen-bond donors (Lipinski definition) is 2. The van der Waals surface area contributed by atoms with Gasteiger partial charge in [0.15, 0.2) is 17.5 Å². The van der Waals surface area contributed by atoms with Gasteiger partial charge < -0.3 is 25.4 Å².